The summed E-state index contributed by atoms with van der Waals surface area (Å²) in [5, 5.41) is 0. The van der Waals surface area contributed by atoms with Crippen LogP contribution < -0.4 is 10.5 Å². The number of hydrogen-bond acceptors (Lipinski definition) is 3. The van der Waals surface area contributed by atoms with Crippen LogP contribution in [-0.2, 0) is 0 Å². The van der Waals surface area contributed by atoms with Crippen molar-refractivity contribution in [1.82, 2.24) is 4.98 Å². The lowest BCUT2D eigenvalue weighted by atomic mass is 10.4. The van der Waals surface area contributed by atoms with Gasteiger partial charge in [-0.15, -0.1) is 0 Å². The molecular formula is C6H7BrN2O. The molecule has 10 heavy (non-hydrogen) atoms. The van der Waals surface area contributed by atoms with Crippen LogP contribution in [0.4, 0.5) is 5.69 Å². The van der Waals surface area contributed by atoms with Crippen molar-refractivity contribution in [2.45, 2.75) is 0 Å². The van der Waals surface area contributed by atoms with Gasteiger partial charge in [-0.05, 0) is 22.0 Å². The zero-order valence-electron chi connectivity index (χ0n) is 5.47. The molecule has 0 aliphatic carbocycles. The Morgan fingerprint density at radius 2 is 2.40 bits per heavy atom. The second-order valence-electron chi connectivity index (χ2n) is 1.75. The van der Waals surface area contributed by atoms with E-state index < -0.39 is 0 Å². The Kier molecular flexibility index (Phi) is 2.11. The minimum Gasteiger partial charge on any atom is -0.493 e. The van der Waals surface area contributed by atoms with Crippen molar-refractivity contribution in [3.8, 4) is 5.75 Å². The Balaban J connectivity index is 3.07. The average Bonchev–Trinajstić information content (AvgIpc) is 1.88. The Morgan fingerprint density at radius 3 is 2.90 bits per heavy atom. The van der Waals surface area contributed by atoms with Gasteiger partial charge < -0.3 is 10.5 Å². The Bertz CT molecular complexity index is 239. The first-order valence-corrected chi connectivity index (χ1v) is 3.48. The molecule has 0 unspecified atom stereocenters. The van der Waals surface area contributed by atoms with Gasteiger partial charge in [0.15, 0.2) is 5.75 Å². The highest BCUT2D eigenvalue weighted by Gasteiger charge is 1.97. The van der Waals surface area contributed by atoms with Crippen LogP contribution in [-0.4, -0.2) is 12.1 Å². The normalized spacial score (nSPS) is 9.40. The van der Waals surface area contributed by atoms with Crippen LogP contribution in [0, 0.1) is 0 Å². The first-order valence-electron chi connectivity index (χ1n) is 2.69. The molecule has 0 amide bonds. The smallest absolute Gasteiger partial charge is 0.160 e. The van der Waals surface area contributed by atoms with E-state index >= 15 is 0 Å². The number of rotatable bonds is 1. The summed E-state index contributed by atoms with van der Waals surface area (Å²) in [5.74, 6) is 0.600. The van der Waals surface area contributed by atoms with Gasteiger partial charge in [0.2, 0.25) is 0 Å². The third kappa shape index (κ3) is 1.39. The fourth-order valence-electron chi connectivity index (χ4n) is 0.602. The summed E-state index contributed by atoms with van der Waals surface area (Å²) in [6.45, 7) is 0. The molecule has 0 radical (unpaired) electrons. The molecule has 0 saturated heterocycles. The fourth-order valence-corrected chi connectivity index (χ4v) is 0.951. The molecule has 0 saturated carbocycles. The van der Waals surface area contributed by atoms with Gasteiger partial charge >= 0.3 is 0 Å². The number of nitrogen functional groups attached to an aromatic ring is 1. The molecule has 1 aromatic heterocycles. The summed E-state index contributed by atoms with van der Waals surface area (Å²) in [6, 6.07) is 1.69. The molecule has 1 heterocycles. The largest absolute Gasteiger partial charge is 0.493 e. The molecular weight excluding hydrogens is 196 g/mol. The van der Waals surface area contributed by atoms with E-state index in [4.69, 9.17) is 10.5 Å². The van der Waals surface area contributed by atoms with Crippen LogP contribution in [0.25, 0.3) is 0 Å². The van der Waals surface area contributed by atoms with E-state index in [1.807, 2.05) is 0 Å². The van der Waals surface area contributed by atoms with Crippen molar-refractivity contribution >= 4 is 21.6 Å². The van der Waals surface area contributed by atoms with Gasteiger partial charge in [0, 0.05) is 0 Å². The number of nitrogens with zero attached hydrogens (tertiary/aromatic N) is 1. The molecule has 0 atom stereocenters. The van der Waals surface area contributed by atoms with Crippen molar-refractivity contribution in [3.05, 3.63) is 16.9 Å². The van der Waals surface area contributed by atoms with E-state index in [0.29, 0.717) is 16.0 Å². The van der Waals surface area contributed by atoms with Crippen molar-refractivity contribution in [2.24, 2.45) is 0 Å². The lowest BCUT2D eigenvalue weighted by Crippen LogP contribution is -1.92. The zero-order valence-corrected chi connectivity index (χ0v) is 7.05. The molecule has 0 aromatic carbocycles. The minimum absolute atomic E-state index is 0.587. The number of anilines is 1. The quantitative estimate of drug-likeness (QED) is 0.702. The van der Waals surface area contributed by atoms with Gasteiger partial charge in [-0.1, -0.05) is 0 Å². The summed E-state index contributed by atoms with van der Waals surface area (Å²) < 4.78 is 5.61. The predicted molar refractivity (Wildman–Crippen MR) is 42.9 cm³/mol. The van der Waals surface area contributed by atoms with E-state index in [-0.39, 0.29) is 0 Å². The number of aromatic nitrogens is 1. The van der Waals surface area contributed by atoms with Gasteiger partial charge in [0.05, 0.1) is 19.0 Å². The highest BCUT2D eigenvalue weighted by Crippen LogP contribution is 2.21. The molecule has 3 nitrogen and oxygen atoms in total. The molecule has 2 N–H and O–H groups in total. The van der Waals surface area contributed by atoms with E-state index in [2.05, 4.69) is 20.9 Å². The number of pyridine rings is 1. The monoisotopic (exact) mass is 202 g/mol. The van der Waals surface area contributed by atoms with Crippen LogP contribution in [0.3, 0.4) is 0 Å². The molecule has 0 spiro atoms. The third-order valence-electron chi connectivity index (χ3n) is 1.08. The molecule has 54 valence electrons. The minimum atomic E-state index is 0.587. The maximum atomic E-state index is 5.54. The SMILES string of the molecule is COc1cnc(Br)cc1N. The highest BCUT2D eigenvalue weighted by molar-refractivity contribution is 9.10. The average molecular weight is 203 g/mol. The molecule has 4 heteroatoms. The zero-order chi connectivity index (χ0) is 7.56. The van der Waals surface area contributed by atoms with E-state index in [9.17, 15) is 0 Å². The van der Waals surface area contributed by atoms with Gasteiger partial charge in [-0.3, -0.25) is 0 Å². The maximum absolute atomic E-state index is 5.54. The van der Waals surface area contributed by atoms with Crippen LogP contribution in [0.2, 0.25) is 0 Å². The Labute approximate surface area is 67.3 Å². The number of ether oxygens (including phenoxy) is 1. The maximum Gasteiger partial charge on any atom is 0.160 e. The summed E-state index contributed by atoms with van der Waals surface area (Å²) in [4.78, 5) is 3.92. The van der Waals surface area contributed by atoms with Crippen molar-refractivity contribution in [1.29, 1.82) is 0 Å². The van der Waals surface area contributed by atoms with Crippen LogP contribution in [0.5, 0.6) is 5.75 Å². The molecule has 0 fully saturated rings. The van der Waals surface area contributed by atoms with Crippen molar-refractivity contribution in [3.63, 3.8) is 0 Å². The van der Waals surface area contributed by atoms with E-state index in [1.165, 1.54) is 0 Å². The molecule has 0 aliphatic heterocycles. The van der Waals surface area contributed by atoms with E-state index in [1.54, 1.807) is 19.4 Å². The lowest BCUT2D eigenvalue weighted by molar-refractivity contribution is 0.415. The van der Waals surface area contributed by atoms with Crippen molar-refractivity contribution in [2.75, 3.05) is 12.8 Å². The molecule has 1 aromatic rings. The first-order chi connectivity index (χ1) is 4.74. The summed E-state index contributed by atoms with van der Waals surface area (Å²) >= 11 is 3.18. The van der Waals surface area contributed by atoms with Gasteiger partial charge in [0.1, 0.15) is 4.60 Å². The number of halogens is 1. The molecule has 1 rings (SSSR count). The standard InChI is InChI=1S/C6H7BrN2O/c1-10-5-3-9-6(7)2-4(5)8/h2-3H,1H3,(H2,8,9). The molecule has 0 aliphatic rings. The summed E-state index contributed by atoms with van der Waals surface area (Å²) in [7, 11) is 1.56. The van der Waals surface area contributed by atoms with Gasteiger partial charge in [-0.2, -0.15) is 0 Å². The van der Waals surface area contributed by atoms with Gasteiger partial charge in [-0.25, -0.2) is 4.98 Å². The first kappa shape index (κ1) is 7.34. The second kappa shape index (κ2) is 2.88. The third-order valence-corrected chi connectivity index (χ3v) is 1.52. The summed E-state index contributed by atoms with van der Waals surface area (Å²) in [5.41, 5.74) is 6.12. The number of hydrogen-bond donors (Lipinski definition) is 1. The van der Waals surface area contributed by atoms with Crippen LogP contribution in [0.1, 0.15) is 0 Å². The van der Waals surface area contributed by atoms with Crippen LogP contribution >= 0.6 is 15.9 Å². The van der Waals surface area contributed by atoms with Crippen molar-refractivity contribution < 1.29 is 4.74 Å². The van der Waals surface area contributed by atoms with Gasteiger partial charge in [0.25, 0.3) is 0 Å². The van der Waals surface area contributed by atoms with Crippen LogP contribution in [0.15, 0.2) is 16.9 Å². The number of methoxy groups -OCH3 is 1. The number of nitrogens with two attached hydrogens (primary N) is 1. The predicted octanol–water partition coefficient (Wildman–Crippen LogP) is 1.43. The molecule has 0 bridgehead atoms. The summed E-state index contributed by atoms with van der Waals surface area (Å²) in [6.07, 6.45) is 1.57. The lowest BCUT2D eigenvalue weighted by Gasteiger charge is -2.01. The Morgan fingerprint density at radius 1 is 1.70 bits per heavy atom. The fraction of sp³-hybridized carbons (Fsp3) is 0.167. The van der Waals surface area contributed by atoms with E-state index in [0.717, 1.165) is 0 Å². The highest BCUT2D eigenvalue weighted by atomic mass is 79.9. The Hall–Kier alpha value is -0.770. The second-order valence-corrected chi connectivity index (χ2v) is 2.56. The topological polar surface area (TPSA) is 48.1 Å².